The van der Waals surface area contributed by atoms with Crippen molar-refractivity contribution >= 4 is 79.9 Å². The van der Waals surface area contributed by atoms with Crippen LogP contribution in [0.2, 0.25) is 0 Å². The molecule has 10 rings (SSSR count). The van der Waals surface area contributed by atoms with Crippen molar-refractivity contribution in [3.63, 3.8) is 0 Å². The Labute approximate surface area is 426 Å². The summed E-state index contributed by atoms with van der Waals surface area (Å²) in [5.74, 6) is -2.80. The number of ether oxygens (including phenoxy) is 1. The van der Waals surface area contributed by atoms with Crippen LogP contribution in [0.25, 0.3) is 10.9 Å². The van der Waals surface area contributed by atoms with Crippen LogP contribution in [0, 0.1) is 17.5 Å². The third kappa shape index (κ3) is 10.6. The predicted octanol–water partition coefficient (Wildman–Crippen LogP) is 8.85. The Morgan fingerprint density at radius 1 is 0.889 bits per heavy atom. The molecule has 1 unspecified atom stereocenters. The number of aliphatic hydroxyl groups is 1. The van der Waals surface area contributed by atoms with Crippen molar-refractivity contribution in [2.24, 2.45) is 0 Å². The van der Waals surface area contributed by atoms with Gasteiger partial charge in [-0.05, 0) is 116 Å². The molecule has 0 spiro atoms. The van der Waals surface area contributed by atoms with E-state index in [-0.39, 0.29) is 42.7 Å². The zero-order valence-corrected chi connectivity index (χ0v) is 43.3. The highest BCUT2D eigenvalue weighted by atomic mass is 79.9. The molecule has 0 bridgehead atoms. The molecular formula is C53H62BrF3N9O5P. The number of amides is 2. The number of hydrogen-bond acceptors (Lipinski definition) is 13. The predicted molar refractivity (Wildman–Crippen MR) is 277 cm³/mol. The van der Waals surface area contributed by atoms with Crippen LogP contribution < -0.4 is 30.9 Å². The molecule has 5 aliphatic rings. The molecule has 0 radical (unpaired) electrons. The number of nitrogens with zero attached hydrogens (tertiary/aromatic N) is 6. The Bertz CT molecular complexity index is 2910. The number of aryl methyl sites for hydroxylation is 2. The Balaban J connectivity index is 0.804. The average molecular weight is 1070 g/mol. The van der Waals surface area contributed by atoms with Crippen LogP contribution in [0.5, 0.6) is 5.75 Å². The van der Waals surface area contributed by atoms with Crippen molar-refractivity contribution in [3.8, 4) is 5.75 Å². The molecule has 5 aromatic rings. The zero-order chi connectivity index (χ0) is 50.3. The fraction of sp³-hybridized carbons (Fsp3) is 0.491. The lowest BCUT2D eigenvalue weighted by Crippen LogP contribution is -2.58. The number of hydrogen-bond donors (Lipinski definition) is 4. The number of anilines is 5. The maximum absolute atomic E-state index is 15.9. The van der Waals surface area contributed by atoms with Crippen molar-refractivity contribution in [1.29, 1.82) is 0 Å². The summed E-state index contributed by atoms with van der Waals surface area (Å²) in [7, 11) is -2.85. The van der Waals surface area contributed by atoms with E-state index in [1.54, 1.807) is 6.20 Å². The summed E-state index contributed by atoms with van der Waals surface area (Å²) in [6, 6.07) is 12.2. The van der Waals surface area contributed by atoms with Gasteiger partial charge >= 0.3 is 0 Å². The SMILES string of the molecule is CCc1ccc2c(P3(=O)CCCC3)c(Nc3nc(Nc4cc(CC)c(N5CCC(N6CCN(CCc7cc(F)c(C8CCC(=O)NC8=O)c(F)c7)[C@H](CO)C6)CC5)cc4OC4CC4)ncc3Br)cc(F)c2n1. The summed E-state index contributed by atoms with van der Waals surface area (Å²) >= 11 is 3.61. The summed E-state index contributed by atoms with van der Waals surface area (Å²) in [5, 5.41) is 20.7. The van der Waals surface area contributed by atoms with E-state index in [9.17, 15) is 19.3 Å². The van der Waals surface area contributed by atoms with Gasteiger partial charge in [0.15, 0.2) is 5.82 Å². The van der Waals surface area contributed by atoms with Crippen molar-refractivity contribution in [3.05, 3.63) is 93.0 Å². The molecule has 4 saturated heterocycles. The number of aliphatic hydroxyl groups excluding tert-OH is 1. The third-order valence-corrected chi connectivity index (χ3v) is 19.2. The van der Waals surface area contributed by atoms with Crippen LogP contribution in [0.4, 0.5) is 42.0 Å². The zero-order valence-electron chi connectivity index (χ0n) is 40.8. The van der Waals surface area contributed by atoms with Gasteiger partial charge in [0.2, 0.25) is 17.8 Å². The number of imide groups is 1. The molecule has 5 fully saturated rings. The lowest BCUT2D eigenvalue weighted by Gasteiger charge is -2.46. The number of carbonyl (C=O) groups is 2. The van der Waals surface area contributed by atoms with E-state index >= 15 is 13.2 Å². The van der Waals surface area contributed by atoms with E-state index < -0.39 is 42.3 Å². The van der Waals surface area contributed by atoms with E-state index in [1.165, 1.54) is 18.2 Å². The summed E-state index contributed by atoms with van der Waals surface area (Å²) in [4.78, 5) is 45.1. The van der Waals surface area contributed by atoms with Crippen molar-refractivity contribution < 1.29 is 37.2 Å². The van der Waals surface area contributed by atoms with E-state index in [1.807, 2.05) is 19.1 Å². The fourth-order valence-corrected chi connectivity index (χ4v) is 14.8. The molecule has 4 N–H and O–H groups in total. The molecule has 14 nitrogen and oxygen atoms in total. The van der Waals surface area contributed by atoms with Crippen LogP contribution >= 0.6 is 23.1 Å². The molecule has 72 heavy (non-hydrogen) atoms. The molecule has 2 amide bonds. The highest BCUT2D eigenvalue weighted by Gasteiger charge is 2.37. The molecule has 382 valence electrons. The maximum atomic E-state index is 15.9. The first-order chi connectivity index (χ1) is 34.8. The number of pyridine rings is 1. The normalized spacial score (nSPS) is 21.1. The summed E-state index contributed by atoms with van der Waals surface area (Å²) in [6.07, 6.45) is 10.3. The number of nitrogens with one attached hydrogen (secondary N) is 3. The lowest BCUT2D eigenvalue weighted by atomic mass is 9.89. The first-order valence-corrected chi connectivity index (χ1v) is 28.4. The van der Waals surface area contributed by atoms with Crippen molar-refractivity contribution in [1.82, 2.24) is 30.1 Å². The van der Waals surface area contributed by atoms with Gasteiger partial charge in [0, 0.05) is 116 Å². The van der Waals surface area contributed by atoms with Gasteiger partial charge in [-0.25, -0.2) is 23.1 Å². The average Bonchev–Trinajstić information content (AvgIpc) is 4.09. The van der Waals surface area contributed by atoms with Gasteiger partial charge in [0.1, 0.15) is 35.9 Å². The largest absolute Gasteiger partial charge is 0.488 e. The molecule has 2 atom stereocenters. The van der Waals surface area contributed by atoms with Crippen LogP contribution in [-0.2, 0) is 33.4 Å². The minimum atomic E-state index is -2.85. The van der Waals surface area contributed by atoms with Crippen molar-refractivity contribution in [2.45, 2.75) is 109 Å². The smallest absolute Gasteiger partial charge is 0.234 e. The number of piperidine rings is 2. The molecule has 6 heterocycles. The second-order valence-electron chi connectivity index (χ2n) is 20.0. The van der Waals surface area contributed by atoms with Gasteiger partial charge in [0.05, 0.1) is 34.5 Å². The topological polar surface area (TPSA) is 165 Å². The molecular weight excluding hydrogens is 1010 g/mol. The number of halogens is 4. The van der Waals surface area contributed by atoms with Crippen LogP contribution in [-0.4, -0.2) is 118 Å². The van der Waals surface area contributed by atoms with Crippen LogP contribution in [0.1, 0.15) is 93.5 Å². The standard InChI is InChI=1S/C53H62BrF3N9O5P/c1-3-32-25-43(61-53-58-28-39(54)51(63-53)60-44-26-42(57)49-38(10-7-33(4-2)59-49)50(44)72(70)21-5-6-22-72)46(71-36-8-9-36)27-45(32)65-17-14-34(15-18-65)66-20-19-64(35(29-66)30-67)16-13-31-23-40(55)48(41(56)24-31)37-11-12-47(68)62-52(37)69/h7,10,23-28,34-37,67H,3-6,8-9,11-22,29-30H2,1-2H3,(H,62,68,69)(H2,58,60,61,63)/t35-,37?/m0/s1. The quantitative estimate of drug-likeness (QED) is 0.0548. The summed E-state index contributed by atoms with van der Waals surface area (Å²) in [6.45, 7) is 8.49. The van der Waals surface area contributed by atoms with Gasteiger partial charge in [-0.15, -0.1) is 0 Å². The third-order valence-electron chi connectivity index (χ3n) is 15.2. The summed E-state index contributed by atoms with van der Waals surface area (Å²) < 4.78 is 68.1. The monoisotopic (exact) mass is 1070 g/mol. The molecule has 2 aromatic heterocycles. The first kappa shape index (κ1) is 50.4. The minimum absolute atomic E-state index is 0.0349. The number of carbonyl (C=O) groups excluding carboxylic acids is 2. The molecule has 4 aliphatic heterocycles. The number of fused-ring (bicyclic) bond motifs is 1. The molecule has 1 aliphatic carbocycles. The highest BCUT2D eigenvalue weighted by Crippen LogP contribution is 2.54. The van der Waals surface area contributed by atoms with E-state index in [4.69, 9.17) is 9.72 Å². The van der Waals surface area contributed by atoms with Crippen LogP contribution in [0.15, 0.2) is 53.1 Å². The second kappa shape index (κ2) is 21.4. The van der Waals surface area contributed by atoms with E-state index in [0.29, 0.717) is 94.8 Å². The van der Waals surface area contributed by atoms with Gasteiger partial charge < -0.3 is 29.9 Å². The first-order valence-electron chi connectivity index (χ1n) is 25.6. The number of aromatic nitrogens is 3. The molecule has 3 aromatic carbocycles. The van der Waals surface area contributed by atoms with Gasteiger partial charge in [-0.1, -0.05) is 19.9 Å². The van der Waals surface area contributed by atoms with Gasteiger partial charge in [0.25, 0.3) is 0 Å². The molecule has 19 heteroatoms. The maximum Gasteiger partial charge on any atom is 0.234 e. The van der Waals surface area contributed by atoms with E-state index in [0.717, 1.165) is 87.2 Å². The van der Waals surface area contributed by atoms with Gasteiger partial charge in [-0.3, -0.25) is 24.7 Å². The summed E-state index contributed by atoms with van der Waals surface area (Å²) in [5.41, 5.74) is 4.61. The van der Waals surface area contributed by atoms with Crippen LogP contribution in [0.3, 0.4) is 0 Å². The fourth-order valence-electron chi connectivity index (χ4n) is 11.1. The number of benzene rings is 3. The Morgan fingerprint density at radius 3 is 2.35 bits per heavy atom. The Kier molecular flexibility index (Phi) is 15.0. The lowest BCUT2D eigenvalue weighted by molar-refractivity contribution is -0.134. The highest BCUT2D eigenvalue weighted by molar-refractivity contribution is 9.10. The van der Waals surface area contributed by atoms with Gasteiger partial charge in [-0.2, -0.15) is 4.98 Å². The number of rotatable bonds is 16. The second-order valence-corrected chi connectivity index (χ2v) is 23.9. The Hall–Kier alpha value is -5.13. The molecule has 1 saturated carbocycles. The van der Waals surface area contributed by atoms with E-state index in [2.05, 4.69) is 75.6 Å². The Morgan fingerprint density at radius 2 is 1.65 bits per heavy atom. The number of piperazine rings is 1. The van der Waals surface area contributed by atoms with Crippen molar-refractivity contribution in [2.75, 3.05) is 73.7 Å². The minimum Gasteiger partial charge on any atom is -0.488 e.